The van der Waals surface area contributed by atoms with E-state index in [9.17, 15) is 14.9 Å². The van der Waals surface area contributed by atoms with E-state index in [1.807, 2.05) is 35.2 Å². The Labute approximate surface area is 161 Å². The number of non-ortho nitro benzene ring substituents is 1. The zero-order chi connectivity index (χ0) is 19.2. The zero-order valence-electron chi connectivity index (χ0n) is 14.4. The SMILES string of the molecule is O=C(NC(=S)Nc1ccccc1)c1cc([N+](=O)[O-])ccc1N1CCOCC1. The number of anilines is 2. The van der Waals surface area contributed by atoms with Gasteiger partial charge in [-0.2, -0.15) is 0 Å². The van der Waals surface area contributed by atoms with Crippen molar-refractivity contribution in [2.24, 2.45) is 0 Å². The molecule has 9 heteroatoms. The van der Waals surface area contributed by atoms with E-state index in [0.29, 0.717) is 32.0 Å². The lowest BCUT2D eigenvalue weighted by atomic mass is 10.1. The first-order valence-electron chi connectivity index (χ1n) is 8.33. The zero-order valence-corrected chi connectivity index (χ0v) is 15.2. The number of benzene rings is 2. The third-order valence-electron chi connectivity index (χ3n) is 4.05. The highest BCUT2D eigenvalue weighted by molar-refractivity contribution is 7.80. The van der Waals surface area contributed by atoms with Crippen molar-refractivity contribution in [3.8, 4) is 0 Å². The molecule has 8 nitrogen and oxygen atoms in total. The second-order valence-electron chi connectivity index (χ2n) is 5.83. The Morgan fingerprint density at radius 2 is 1.85 bits per heavy atom. The van der Waals surface area contributed by atoms with Crippen LogP contribution in [-0.4, -0.2) is 42.2 Å². The summed E-state index contributed by atoms with van der Waals surface area (Å²) in [5, 5.41) is 16.7. The molecule has 2 aromatic carbocycles. The standard InChI is InChI=1S/C18H18N4O4S/c23-17(20-18(27)19-13-4-2-1-3-5-13)15-12-14(22(24)25)6-7-16(15)21-8-10-26-11-9-21/h1-7,12H,8-11H2,(H2,19,20,23,27). The monoisotopic (exact) mass is 386 g/mol. The first-order chi connectivity index (χ1) is 13.0. The molecule has 1 saturated heterocycles. The highest BCUT2D eigenvalue weighted by Gasteiger charge is 2.22. The molecule has 140 valence electrons. The first-order valence-corrected chi connectivity index (χ1v) is 8.74. The van der Waals surface area contributed by atoms with E-state index in [4.69, 9.17) is 17.0 Å². The van der Waals surface area contributed by atoms with E-state index in [1.165, 1.54) is 12.1 Å². The molecule has 2 N–H and O–H groups in total. The number of nitrogens with one attached hydrogen (secondary N) is 2. The molecule has 1 aliphatic rings. The van der Waals surface area contributed by atoms with E-state index >= 15 is 0 Å². The summed E-state index contributed by atoms with van der Waals surface area (Å²) in [5.74, 6) is -0.506. The Morgan fingerprint density at radius 1 is 1.15 bits per heavy atom. The lowest BCUT2D eigenvalue weighted by molar-refractivity contribution is -0.384. The van der Waals surface area contributed by atoms with Gasteiger partial charge in [0, 0.05) is 30.9 Å². The predicted octanol–water partition coefficient (Wildman–Crippen LogP) is 2.56. The number of para-hydroxylation sites is 1. The second kappa shape index (κ2) is 8.56. The molecule has 0 radical (unpaired) electrons. The Hall–Kier alpha value is -3.04. The van der Waals surface area contributed by atoms with E-state index < -0.39 is 10.8 Å². The van der Waals surface area contributed by atoms with Gasteiger partial charge in [0.2, 0.25) is 0 Å². The van der Waals surface area contributed by atoms with E-state index in [-0.39, 0.29) is 16.4 Å². The summed E-state index contributed by atoms with van der Waals surface area (Å²) < 4.78 is 5.33. The molecule has 0 atom stereocenters. The van der Waals surface area contributed by atoms with Crippen molar-refractivity contribution in [3.63, 3.8) is 0 Å². The maximum atomic E-state index is 12.8. The molecule has 0 aliphatic carbocycles. The van der Waals surface area contributed by atoms with Crippen LogP contribution in [-0.2, 0) is 4.74 Å². The number of carbonyl (C=O) groups excluding carboxylic acids is 1. The van der Waals surface area contributed by atoms with Gasteiger partial charge >= 0.3 is 0 Å². The number of morpholine rings is 1. The van der Waals surface area contributed by atoms with Crippen LogP contribution in [0.4, 0.5) is 17.1 Å². The minimum Gasteiger partial charge on any atom is -0.378 e. The molecule has 0 saturated carbocycles. The number of thiocarbonyl (C=S) groups is 1. The van der Waals surface area contributed by atoms with Crippen molar-refractivity contribution in [2.75, 3.05) is 36.5 Å². The lowest BCUT2D eigenvalue weighted by Gasteiger charge is -2.30. The van der Waals surface area contributed by atoms with Crippen LogP contribution in [0.3, 0.4) is 0 Å². The van der Waals surface area contributed by atoms with Crippen molar-refractivity contribution in [2.45, 2.75) is 0 Å². The number of carbonyl (C=O) groups is 1. The summed E-state index contributed by atoms with van der Waals surface area (Å²) in [4.78, 5) is 25.3. The fourth-order valence-corrected chi connectivity index (χ4v) is 2.96. The Morgan fingerprint density at radius 3 is 2.52 bits per heavy atom. The number of nitro groups is 1. The van der Waals surface area contributed by atoms with Gasteiger partial charge < -0.3 is 15.0 Å². The summed E-state index contributed by atoms with van der Waals surface area (Å²) in [6.45, 7) is 2.27. The molecule has 0 unspecified atom stereocenters. The number of nitro benzene ring substituents is 1. The second-order valence-corrected chi connectivity index (χ2v) is 6.24. The smallest absolute Gasteiger partial charge is 0.270 e. The molecule has 27 heavy (non-hydrogen) atoms. The minimum absolute atomic E-state index is 0.116. The van der Waals surface area contributed by atoms with Crippen LogP contribution in [0.15, 0.2) is 48.5 Å². The van der Waals surface area contributed by atoms with Crippen molar-refractivity contribution in [1.82, 2.24) is 5.32 Å². The van der Waals surface area contributed by atoms with Crippen LogP contribution in [0, 0.1) is 10.1 Å². The molecule has 0 aromatic heterocycles. The van der Waals surface area contributed by atoms with Gasteiger partial charge in [0.15, 0.2) is 5.11 Å². The largest absolute Gasteiger partial charge is 0.378 e. The Balaban J connectivity index is 1.81. The average molecular weight is 386 g/mol. The van der Waals surface area contributed by atoms with Gasteiger partial charge in [-0.25, -0.2) is 0 Å². The number of rotatable bonds is 4. The summed E-state index contributed by atoms with van der Waals surface area (Å²) >= 11 is 5.19. The quantitative estimate of drug-likeness (QED) is 0.473. The van der Waals surface area contributed by atoms with Gasteiger partial charge in [-0.05, 0) is 30.4 Å². The van der Waals surface area contributed by atoms with Gasteiger partial charge in [-0.1, -0.05) is 18.2 Å². The van der Waals surface area contributed by atoms with Gasteiger partial charge in [-0.15, -0.1) is 0 Å². The molecule has 1 fully saturated rings. The van der Waals surface area contributed by atoms with Gasteiger partial charge in [0.1, 0.15) is 0 Å². The van der Waals surface area contributed by atoms with Crippen LogP contribution in [0.25, 0.3) is 0 Å². The summed E-state index contributed by atoms with van der Waals surface area (Å²) in [7, 11) is 0. The van der Waals surface area contributed by atoms with Gasteiger partial charge in [0.05, 0.1) is 29.4 Å². The lowest BCUT2D eigenvalue weighted by Crippen LogP contribution is -2.39. The number of hydrogen-bond acceptors (Lipinski definition) is 6. The first kappa shape index (κ1) is 18.7. The number of nitrogens with zero attached hydrogens (tertiary/aromatic N) is 2. The van der Waals surface area contributed by atoms with Gasteiger partial charge in [-0.3, -0.25) is 20.2 Å². The maximum absolute atomic E-state index is 12.8. The van der Waals surface area contributed by atoms with Crippen molar-refractivity contribution < 1.29 is 14.5 Å². The third kappa shape index (κ3) is 4.78. The van der Waals surface area contributed by atoms with Crippen LogP contribution in [0.5, 0.6) is 0 Å². The average Bonchev–Trinajstić information content (AvgIpc) is 2.68. The molecule has 0 bridgehead atoms. The maximum Gasteiger partial charge on any atom is 0.270 e. The van der Waals surface area contributed by atoms with E-state index in [0.717, 1.165) is 5.69 Å². The van der Waals surface area contributed by atoms with Crippen molar-refractivity contribution >= 4 is 40.3 Å². The minimum atomic E-state index is -0.527. The van der Waals surface area contributed by atoms with Crippen LogP contribution in [0.1, 0.15) is 10.4 Å². The third-order valence-corrected chi connectivity index (χ3v) is 4.25. The normalized spacial score (nSPS) is 13.7. The Kier molecular flexibility index (Phi) is 5.94. The number of hydrogen-bond donors (Lipinski definition) is 2. The molecule has 0 spiro atoms. The predicted molar refractivity (Wildman–Crippen MR) is 106 cm³/mol. The van der Waals surface area contributed by atoms with Crippen molar-refractivity contribution in [1.29, 1.82) is 0 Å². The fourth-order valence-electron chi connectivity index (χ4n) is 2.75. The molecular formula is C18H18N4O4S. The molecular weight excluding hydrogens is 368 g/mol. The molecule has 1 heterocycles. The van der Waals surface area contributed by atoms with Crippen LogP contribution < -0.4 is 15.5 Å². The highest BCUT2D eigenvalue weighted by atomic mass is 32.1. The molecule has 3 rings (SSSR count). The number of ether oxygens (including phenoxy) is 1. The van der Waals surface area contributed by atoms with E-state index in [2.05, 4.69) is 10.6 Å². The van der Waals surface area contributed by atoms with Crippen LogP contribution in [0.2, 0.25) is 0 Å². The number of amides is 1. The molecule has 2 aromatic rings. The molecule has 1 amide bonds. The topological polar surface area (TPSA) is 96.7 Å². The van der Waals surface area contributed by atoms with Crippen LogP contribution >= 0.6 is 12.2 Å². The summed E-state index contributed by atoms with van der Waals surface area (Å²) in [6.07, 6.45) is 0. The Bertz CT molecular complexity index is 854. The van der Waals surface area contributed by atoms with Crippen molar-refractivity contribution in [3.05, 3.63) is 64.2 Å². The molecule has 1 aliphatic heterocycles. The summed E-state index contributed by atoms with van der Waals surface area (Å²) in [5.41, 5.74) is 1.39. The van der Waals surface area contributed by atoms with E-state index in [1.54, 1.807) is 6.07 Å². The highest BCUT2D eigenvalue weighted by Crippen LogP contribution is 2.26. The van der Waals surface area contributed by atoms with Gasteiger partial charge in [0.25, 0.3) is 11.6 Å². The summed E-state index contributed by atoms with van der Waals surface area (Å²) in [6, 6.07) is 13.4. The fraction of sp³-hybridized carbons (Fsp3) is 0.222.